The van der Waals surface area contributed by atoms with E-state index < -0.39 is 35.1 Å². The summed E-state index contributed by atoms with van der Waals surface area (Å²) in [6.45, 7) is 21.3. The summed E-state index contributed by atoms with van der Waals surface area (Å²) >= 11 is 0. The summed E-state index contributed by atoms with van der Waals surface area (Å²) < 4.78 is 39.2. The van der Waals surface area contributed by atoms with Crippen LogP contribution < -0.4 is 10.6 Å². The molecule has 0 spiro atoms. The molecule has 5 fully saturated rings. The van der Waals surface area contributed by atoms with E-state index in [9.17, 15) is 37.5 Å². The summed E-state index contributed by atoms with van der Waals surface area (Å²) in [5, 5.41) is 16.1. The number of hydrogen-bond acceptors (Lipinski definition) is 5. The Morgan fingerprint density at radius 2 is 1.55 bits per heavy atom. The predicted molar refractivity (Wildman–Crippen MR) is 227 cm³/mol. The Balaban J connectivity index is 1.02. The van der Waals surface area contributed by atoms with Crippen LogP contribution in [0.1, 0.15) is 155 Å². The average molecular weight is 837 g/mol. The van der Waals surface area contributed by atoms with Gasteiger partial charge >= 0.3 is 12.1 Å². The molecule has 11 unspecified atom stereocenters. The summed E-state index contributed by atoms with van der Waals surface area (Å²) in [6.07, 6.45) is 6.89. The van der Waals surface area contributed by atoms with E-state index in [1.807, 2.05) is 20.8 Å². The second kappa shape index (κ2) is 15.7. The number of benzene rings is 1. The third-order valence-electron chi connectivity index (χ3n) is 18.2. The summed E-state index contributed by atoms with van der Waals surface area (Å²) in [4.78, 5) is 52.3. The van der Waals surface area contributed by atoms with Crippen molar-refractivity contribution in [1.29, 1.82) is 0 Å². The minimum atomic E-state index is -4.46. The van der Waals surface area contributed by atoms with Crippen molar-refractivity contribution in [2.75, 3.05) is 13.1 Å². The lowest BCUT2D eigenvalue weighted by Gasteiger charge is -2.69. The van der Waals surface area contributed by atoms with Crippen LogP contribution in [0.3, 0.4) is 0 Å². The second-order valence-corrected chi connectivity index (χ2v) is 22.6. The normalized spacial score (nSPS) is 37.4. The molecule has 0 aliphatic heterocycles. The largest absolute Gasteiger partial charge is 0.481 e. The lowest BCUT2D eigenvalue weighted by molar-refractivity contribution is -0.193. The molecule has 6 aliphatic rings. The summed E-state index contributed by atoms with van der Waals surface area (Å²) in [7, 11) is 0. The van der Waals surface area contributed by atoms with Crippen molar-refractivity contribution in [1.82, 2.24) is 10.6 Å². The van der Waals surface area contributed by atoms with Gasteiger partial charge in [0.1, 0.15) is 5.78 Å². The van der Waals surface area contributed by atoms with Gasteiger partial charge in [0, 0.05) is 41.8 Å². The zero-order valence-corrected chi connectivity index (χ0v) is 37.6. The van der Waals surface area contributed by atoms with Gasteiger partial charge in [-0.25, -0.2) is 0 Å². The maximum atomic E-state index is 14.1. The predicted octanol–water partition coefficient (Wildman–Crippen LogP) is 10.7. The number of hydrogen-bond donors (Lipinski definition) is 3. The Hall–Kier alpha value is -3.01. The first-order valence-corrected chi connectivity index (χ1v) is 23.1. The van der Waals surface area contributed by atoms with Crippen molar-refractivity contribution in [3.63, 3.8) is 0 Å². The quantitative estimate of drug-likeness (QED) is 0.181. The van der Waals surface area contributed by atoms with E-state index in [0.717, 1.165) is 69.1 Å². The molecule has 7 nitrogen and oxygen atoms in total. The van der Waals surface area contributed by atoms with Gasteiger partial charge in [0.05, 0.1) is 11.5 Å². The number of carboxylic acids is 1. The molecule has 0 radical (unpaired) electrons. The zero-order chi connectivity index (χ0) is 44.0. The van der Waals surface area contributed by atoms with Crippen LogP contribution in [0.2, 0.25) is 0 Å². The van der Waals surface area contributed by atoms with E-state index in [-0.39, 0.29) is 50.8 Å². The molecule has 0 saturated heterocycles. The Morgan fingerprint density at radius 3 is 2.17 bits per heavy atom. The molecular formula is C50H71F3N2O5. The smallest absolute Gasteiger partial charge is 0.416 e. The molecule has 60 heavy (non-hydrogen) atoms. The van der Waals surface area contributed by atoms with Crippen molar-refractivity contribution >= 4 is 23.4 Å². The highest BCUT2D eigenvalue weighted by Crippen LogP contribution is 2.74. The summed E-state index contributed by atoms with van der Waals surface area (Å²) in [6, 6.07) is 4.29. The van der Waals surface area contributed by atoms with Crippen LogP contribution in [0.4, 0.5) is 13.2 Å². The first-order valence-electron chi connectivity index (χ1n) is 23.1. The van der Waals surface area contributed by atoms with E-state index >= 15 is 0 Å². The van der Waals surface area contributed by atoms with Crippen molar-refractivity contribution in [2.24, 2.45) is 74.9 Å². The molecule has 7 rings (SSSR count). The van der Waals surface area contributed by atoms with E-state index in [2.05, 4.69) is 52.2 Å². The number of halogens is 3. The fourth-order valence-corrected chi connectivity index (χ4v) is 15.1. The fraction of sp³-hybridized carbons (Fsp3) is 0.760. The van der Waals surface area contributed by atoms with Gasteiger partial charge in [0.15, 0.2) is 5.78 Å². The van der Waals surface area contributed by atoms with Gasteiger partial charge < -0.3 is 15.7 Å². The van der Waals surface area contributed by atoms with Gasteiger partial charge in [0.25, 0.3) is 5.91 Å². The van der Waals surface area contributed by atoms with Crippen molar-refractivity contribution in [3.8, 4) is 0 Å². The Labute approximate surface area is 356 Å². The van der Waals surface area contributed by atoms with Crippen molar-refractivity contribution in [2.45, 2.75) is 151 Å². The molecule has 10 heteroatoms. The lowest BCUT2D eigenvalue weighted by Crippen LogP contribution is -2.62. The third-order valence-corrected chi connectivity index (χ3v) is 18.2. The first kappa shape index (κ1) is 45.0. The molecule has 332 valence electrons. The number of rotatable bonds is 12. The van der Waals surface area contributed by atoms with Crippen LogP contribution >= 0.6 is 0 Å². The van der Waals surface area contributed by atoms with E-state index in [4.69, 9.17) is 0 Å². The monoisotopic (exact) mass is 837 g/mol. The number of amides is 1. The number of carbonyl (C=O) groups is 4. The highest BCUT2D eigenvalue weighted by Gasteiger charge is 2.66. The zero-order valence-electron chi connectivity index (χ0n) is 37.6. The van der Waals surface area contributed by atoms with E-state index in [0.29, 0.717) is 67.7 Å². The minimum Gasteiger partial charge on any atom is -0.481 e. The van der Waals surface area contributed by atoms with Crippen molar-refractivity contribution < 1.29 is 37.5 Å². The Bertz CT molecular complexity index is 1900. The Kier molecular flexibility index (Phi) is 11.7. The molecule has 6 aliphatic carbocycles. The Morgan fingerprint density at radius 1 is 0.883 bits per heavy atom. The number of aliphatic carboxylic acids is 1. The highest BCUT2D eigenvalue weighted by atomic mass is 19.4. The molecule has 5 saturated carbocycles. The summed E-state index contributed by atoms with van der Waals surface area (Å²) in [5.41, 5.74) is 1.46. The number of nitrogens with one attached hydrogen (secondary N) is 2. The number of alkyl halides is 3. The van der Waals surface area contributed by atoms with Gasteiger partial charge in [-0.2, -0.15) is 13.2 Å². The van der Waals surface area contributed by atoms with Gasteiger partial charge in [0.2, 0.25) is 0 Å². The highest BCUT2D eigenvalue weighted by molar-refractivity contribution is 6.00. The van der Waals surface area contributed by atoms with Crippen LogP contribution in [0.15, 0.2) is 35.4 Å². The summed E-state index contributed by atoms with van der Waals surface area (Å²) in [5.74, 6) is 1.29. The van der Waals surface area contributed by atoms with Crippen LogP contribution in [0, 0.1) is 74.9 Å². The second-order valence-electron chi connectivity index (χ2n) is 22.6. The van der Waals surface area contributed by atoms with Crippen LogP contribution in [0.5, 0.6) is 0 Å². The molecule has 0 heterocycles. The third kappa shape index (κ3) is 7.62. The lowest BCUT2D eigenvalue weighted by atomic mass is 9.35. The van der Waals surface area contributed by atoms with Gasteiger partial charge in [-0.05, 0) is 172 Å². The number of Topliss-reactive ketones (excluding diaryl/α,β-unsaturated/α-hetero) is 2. The van der Waals surface area contributed by atoms with Gasteiger partial charge in [-0.15, -0.1) is 0 Å². The molecule has 1 amide bonds. The number of allylic oxidation sites excluding steroid dienone is 2. The number of carboxylic acid groups (broad SMARTS) is 1. The fourth-order valence-electron chi connectivity index (χ4n) is 15.1. The van der Waals surface area contributed by atoms with Crippen LogP contribution in [0.25, 0.3) is 0 Å². The number of fused-ring (bicyclic) bond motifs is 7. The van der Waals surface area contributed by atoms with Crippen LogP contribution in [-0.4, -0.2) is 47.2 Å². The molecular weight excluding hydrogens is 766 g/mol. The van der Waals surface area contributed by atoms with Crippen LogP contribution in [-0.2, 0) is 20.6 Å². The minimum absolute atomic E-state index is 0.0134. The first-order chi connectivity index (χ1) is 27.9. The molecule has 11 atom stereocenters. The molecule has 0 bridgehead atoms. The molecule has 0 aromatic heterocycles. The molecule has 1 aromatic carbocycles. The molecule has 1 aromatic rings. The van der Waals surface area contributed by atoms with Crippen molar-refractivity contribution in [3.05, 3.63) is 46.5 Å². The maximum Gasteiger partial charge on any atom is 0.416 e. The molecule has 3 N–H and O–H groups in total. The van der Waals surface area contributed by atoms with Gasteiger partial charge in [-0.3, -0.25) is 19.2 Å². The number of carbonyl (C=O) groups excluding carboxylic acids is 3. The van der Waals surface area contributed by atoms with E-state index in [1.165, 1.54) is 24.1 Å². The van der Waals surface area contributed by atoms with E-state index in [1.54, 1.807) is 0 Å². The topological polar surface area (TPSA) is 113 Å². The average Bonchev–Trinajstić information content (AvgIpc) is 3.45. The maximum absolute atomic E-state index is 14.1. The number of ketones is 2. The van der Waals surface area contributed by atoms with Gasteiger partial charge in [-0.1, -0.05) is 54.0 Å². The SMILES string of the molecule is CC(C)C1=C2C3CCC4C(C)(CCC5C(C)(C)C(CC(=O)C6CC(C(=O)O)C6C)CCC54C)C3CCC2(CCNCC(C)(C)NC(=O)c2ccc(C(F)(F)F)cc2)CC1=O. The standard InChI is InChI=1S/C50H71F3N2O5/c1-28(2)41-38(57)26-49(22-23-54-27-45(4,5)55-43(58)30-10-12-31(13-11-30)50(51,52)53)21-17-36-33(42(41)49)14-15-40-47(36,8)20-18-39-46(6,7)32(16-19-48(39,40)9)24-37(56)34-25-35(29(34)3)44(59)60/h10-13,28-29,32-36,39-40,54H,14-27H2,1-9H3,(H,55,58)(H,59,60).